The van der Waals surface area contributed by atoms with Crippen molar-refractivity contribution in [2.75, 3.05) is 27.2 Å². The van der Waals surface area contributed by atoms with E-state index in [0.29, 0.717) is 13.1 Å². The number of rotatable bonds is 5. The Kier molecular flexibility index (Phi) is 4.67. The van der Waals surface area contributed by atoms with Gasteiger partial charge in [-0.3, -0.25) is 4.98 Å². The SMILES string of the molecule is CNCCN(C)S(=O)(=O)c1cnccc1Cl. The zero-order valence-corrected chi connectivity index (χ0v) is 10.7. The summed E-state index contributed by atoms with van der Waals surface area (Å²) in [6.07, 6.45) is 2.71. The third-order valence-electron chi connectivity index (χ3n) is 2.10. The molecule has 7 heteroatoms. The summed E-state index contributed by atoms with van der Waals surface area (Å²) < 4.78 is 25.3. The van der Waals surface area contributed by atoms with Gasteiger partial charge in [-0.2, -0.15) is 4.31 Å². The quantitative estimate of drug-likeness (QED) is 0.844. The molecule has 1 heterocycles. The van der Waals surface area contributed by atoms with Gasteiger partial charge in [-0.15, -0.1) is 0 Å². The van der Waals surface area contributed by atoms with Crippen LogP contribution in [0, 0.1) is 0 Å². The summed E-state index contributed by atoms with van der Waals surface area (Å²) in [6.45, 7) is 0.956. The van der Waals surface area contributed by atoms with Crippen LogP contribution in [0.5, 0.6) is 0 Å². The molecule has 0 aliphatic rings. The van der Waals surface area contributed by atoms with E-state index >= 15 is 0 Å². The average Bonchev–Trinajstić information content (AvgIpc) is 2.26. The number of aromatic nitrogens is 1. The Morgan fingerprint density at radius 3 is 2.81 bits per heavy atom. The highest BCUT2D eigenvalue weighted by atomic mass is 35.5. The van der Waals surface area contributed by atoms with Crippen molar-refractivity contribution in [1.29, 1.82) is 0 Å². The van der Waals surface area contributed by atoms with Gasteiger partial charge in [0.1, 0.15) is 4.90 Å². The predicted molar refractivity (Wildman–Crippen MR) is 63.0 cm³/mol. The van der Waals surface area contributed by atoms with Crippen LogP contribution in [-0.2, 0) is 10.0 Å². The van der Waals surface area contributed by atoms with Crippen LogP contribution < -0.4 is 5.32 Å². The molecule has 16 heavy (non-hydrogen) atoms. The second-order valence-electron chi connectivity index (χ2n) is 3.24. The van der Waals surface area contributed by atoms with Crippen molar-refractivity contribution in [2.24, 2.45) is 0 Å². The fourth-order valence-corrected chi connectivity index (χ4v) is 2.68. The van der Waals surface area contributed by atoms with E-state index in [4.69, 9.17) is 11.6 Å². The maximum Gasteiger partial charge on any atom is 0.245 e. The third-order valence-corrected chi connectivity index (χ3v) is 4.43. The van der Waals surface area contributed by atoms with Crippen LogP contribution in [0.2, 0.25) is 5.02 Å². The molecule has 0 aliphatic carbocycles. The van der Waals surface area contributed by atoms with Crippen LogP contribution in [0.15, 0.2) is 23.4 Å². The first-order valence-corrected chi connectivity index (χ1v) is 6.52. The summed E-state index contributed by atoms with van der Waals surface area (Å²) in [7, 11) is -0.272. The Labute approximate surface area is 100 Å². The van der Waals surface area contributed by atoms with Gasteiger partial charge < -0.3 is 5.32 Å². The number of halogens is 1. The molecular formula is C9H14ClN3O2S. The van der Waals surface area contributed by atoms with E-state index < -0.39 is 10.0 Å². The van der Waals surface area contributed by atoms with Crippen molar-refractivity contribution in [3.05, 3.63) is 23.5 Å². The highest BCUT2D eigenvalue weighted by molar-refractivity contribution is 7.89. The molecular weight excluding hydrogens is 250 g/mol. The zero-order chi connectivity index (χ0) is 12.2. The molecule has 1 rings (SSSR count). The van der Waals surface area contributed by atoms with Gasteiger partial charge in [-0.25, -0.2) is 8.42 Å². The Morgan fingerprint density at radius 2 is 2.25 bits per heavy atom. The minimum atomic E-state index is -3.54. The Morgan fingerprint density at radius 1 is 1.56 bits per heavy atom. The van der Waals surface area contributed by atoms with Crippen LogP contribution in [0.4, 0.5) is 0 Å². The maximum absolute atomic E-state index is 12.0. The van der Waals surface area contributed by atoms with Gasteiger partial charge in [0.2, 0.25) is 10.0 Å². The van der Waals surface area contributed by atoms with Crippen molar-refractivity contribution in [3.8, 4) is 0 Å². The lowest BCUT2D eigenvalue weighted by Crippen LogP contribution is -2.33. The first-order chi connectivity index (χ1) is 7.50. The van der Waals surface area contributed by atoms with Crippen molar-refractivity contribution >= 4 is 21.6 Å². The molecule has 0 bridgehead atoms. The molecule has 0 radical (unpaired) electrons. The van der Waals surface area contributed by atoms with E-state index in [1.54, 1.807) is 7.05 Å². The first-order valence-electron chi connectivity index (χ1n) is 4.70. The largest absolute Gasteiger partial charge is 0.318 e. The lowest BCUT2D eigenvalue weighted by molar-refractivity contribution is 0.466. The van der Waals surface area contributed by atoms with Gasteiger partial charge >= 0.3 is 0 Å². The maximum atomic E-state index is 12.0. The highest BCUT2D eigenvalue weighted by Gasteiger charge is 2.23. The zero-order valence-electron chi connectivity index (χ0n) is 9.14. The number of hydrogen-bond acceptors (Lipinski definition) is 4. The standard InChI is InChI=1S/C9H14ClN3O2S/c1-11-5-6-13(2)16(14,15)9-7-12-4-3-8(9)10/h3-4,7,11H,5-6H2,1-2H3. The summed E-state index contributed by atoms with van der Waals surface area (Å²) in [5.41, 5.74) is 0. The molecule has 90 valence electrons. The van der Waals surface area contributed by atoms with Gasteiger partial charge in [0.25, 0.3) is 0 Å². The smallest absolute Gasteiger partial charge is 0.245 e. The van der Waals surface area contributed by atoms with E-state index in [0.717, 1.165) is 0 Å². The van der Waals surface area contributed by atoms with E-state index in [1.165, 1.54) is 29.8 Å². The summed E-state index contributed by atoms with van der Waals surface area (Å²) in [5.74, 6) is 0. The number of pyridine rings is 1. The van der Waals surface area contributed by atoms with Gasteiger partial charge in [0.15, 0.2) is 0 Å². The predicted octanol–water partition coefficient (Wildman–Crippen LogP) is 0.575. The minimum absolute atomic E-state index is 0.0373. The summed E-state index contributed by atoms with van der Waals surface area (Å²) in [5, 5.41) is 3.07. The van der Waals surface area contributed by atoms with Crippen molar-refractivity contribution < 1.29 is 8.42 Å². The molecule has 1 N–H and O–H groups in total. The molecule has 0 saturated heterocycles. The van der Waals surface area contributed by atoms with E-state index in [-0.39, 0.29) is 9.92 Å². The fourth-order valence-electron chi connectivity index (χ4n) is 1.11. The van der Waals surface area contributed by atoms with Gasteiger partial charge in [-0.05, 0) is 13.1 Å². The number of nitrogens with one attached hydrogen (secondary N) is 1. The lowest BCUT2D eigenvalue weighted by atomic mass is 10.5. The number of hydrogen-bond donors (Lipinski definition) is 1. The molecule has 0 fully saturated rings. The third kappa shape index (κ3) is 2.91. The number of sulfonamides is 1. The monoisotopic (exact) mass is 263 g/mol. The first kappa shape index (κ1) is 13.4. The molecule has 5 nitrogen and oxygen atoms in total. The second-order valence-corrected chi connectivity index (χ2v) is 5.66. The lowest BCUT2D eigenvalue weighted by Gasteiger charge is -2.17. The van der Waals surface area contributed by atoms with Gasteiger partial charge in [0.05, 0.1) is 5.02 Å². The topological polar surface area (TPSA) is 62.3 Å². The summed E-state index contributed by atoms with van der Waals surface area (Å²) in [6, 6.07) is 1.46. The van der Waals surface area contributed by atoms with E-state index in [1.807, 2.05) is 0 Å². The van der Waals surface area contributed by atoms with Crippen molar-refractivity contribution in [3.63, 3.8) is 0 Å². The molecule has 1 aromatic heterocycles. The summed E-state index contributed by atoms with van der Waals surface area (Å²) in [4.78, 5) is 3.81. The Balaban J connectivity index is 2.98. The fraction of sp³-hybridized carbons (Fsp3) is 0.444. The average molecular weight is 264 g/mol. The van der Waals surface area contributed by atoms with E-state index in [2.05, 4.69) is 10.3 Å². The van der Waals surface area contributed by atoms with Crippen molar-refractivity contribution in [2.45, 2.75) is 4.90 Å². The number of likely N-dealkylation sites (N-methyl/N-ethyl adjacent to an activating group) is 2. The highest BCUT2D eigenvalue weighted by Crippen LogP contribution is 2.21. The molecule has 0 aromatic carbocycles. The Hall–Kier alpha value is -0.690. The number of nitrogens with zero attached hydrogens (tertiary/aromatic N) is 2. The molecule has 0 spiro atoms. The summed E-state index contributed by atoms with van der Waals surface area (Å²) >= 11 is 5.83. The van der Waals surface area contributed by atoms with Crippen LogP contribution in [0.25, 0.3) is 0 Å². The van der Waals surface area contributed by atoms with Gasteiger partial charge in [0, 0.05) is 32.5 Å². The van der Waals surface area contributed by atoms with Crippen LogP contribution in [-0.4, -0.2) is 44.9 Å². The van der Waals surface area contributed by atoms with Crippen molar-refractivity contribution in [1.82, 2.24) is 14.6 Å². The van der Waals surface area contributed by atoms with Crippen LogP contribution >= 0.6 is 11.6 Å². The van der Waals surface area contributed by atoms with Crippen LogP contribution in [0.1, 0.15) is 0 Å². The molecule has 0 unspecified atom stereocenters. The molecule has 0 amide bonds. The van der Waals surface area contributed by atoms with E-state index in [9.17, 15) is 8.42 Å². The van der Waals surface area contributed by atoms with Gasteiger partial charge in [-0.1, -0.05) is 11.6 Å². The normalized spacial score (nSPS) is 12.0. The molecule has 0 saturated carbocycles. The second kappa shape index (κ2) is 5.58. The Bertz CT molecular complexity index is 450. The van der Waals surface area contributed by atoms with Crippen LogP contribution in [0.3, 0.4) is 0 Å². The molecule has 1 aromatic rings. The molecule has 0 atom stereocenters. The minimum Gasteiger partial charge on any atom is -0.318 e. The molecule has 0 aliphatic heterocycles.